The van der Waals surface area contributed by atoms with E-state index in [0.29, 0.717) is 29.4 Å². The molecule has 1 aromatic rings. The molecule has 6 nitrogen and oxygen atoms in total. The number of nitrogen functional groups attached to an aromatic ring is 1. The second kappa shape index (κ2) is 11.1. The Hall–Kier alpha value is -1.50. The van der Waals surface area contributed by atoms with Crippen LogP contribution in [0.3, 0.4) is 0 Å². The molecule has 1 aliphatic carbocycles. The first-order valence-corrected chi connectivity index (χ1v) is 7.32. The molecule has 1 saturated carbocycles. The zero-order valence-corrected chi connectivity index (χ0v) is 13.9. The van der Waals surface area contributed by atoms with Gasteiger partial charge in [-0.05, 0) is 19.3 Å². The minimum absolute atomic E-state index is 0. The lowest BCUT2D eigenvalue weighted by Crippen LogP contribution is -2.39. The van der Waals surface area contributed by atoms with Gasteiger partial charge < -0.3 is 30.4 Å². The van der Waals surface area contributed by atoms with Gasteiger partial charge in [0.1, 0.15) is 11.5 Å². The molecule has 23 heavy (non-hydrogen) atoms. The molecular formula is C17H32N2O4. The van der Waals surface area contributed by atoms with E-state index in [2.05, 4.69) is 0 Å². The molecule has 2 atom stereocenters. The van der Waals surface area contributed by atoms with Crippen LogP contribution in [0.25, 0.3) is 0 Å². The van der Waals surface area contributed by atoms with Gasteiger partial charge >= 0.3 is 0 Å². The number of anilines is 1. The first kappa shape index (κ1) is 21.5. The number of benzene rings is 1. The summed E-state index contributed by atoms with van der Waals surface area (Å²) in [7, 11) is 6.65. The van der Waals surface area contributed by atoms with Crippen molar-refractivity contribution in [2.45, 2.75) is 44.9 Å². The summed E-state index contributed by atoms with van der Waals surface area (Å²) in [4.78, 5) is 0. The minimum Gasteiger partial charge on any atom is -0.497 e. The van der Waals surface area contributed by atoms with Crippen LogP contribution in [0, 0.1) is 0 Å². The van der Waals surface area contributed by atoms with E-state index >= 15 is 0 Å². The van der Waals surface area contributed by atoms with E-state index in [0.717, 1.165) is 19.3 Å². The van der Waals surface area contributed by atoms with Crippen LogP contribution in [-0.4, -0.2) is 46.7 Å². The number of hydrogen-bond donors (Lipinski definition) is 2. The highest BCUT2D eigenvalue weighted by atomic mass is 16.5. The van der Waals surface area contributed by atoms with Crippen LogP contribution in [0.2, 0.25) is 0 Å². The van der Waals surface area contributed by atoms with E-state index in [4.69, 9.17) is 30.4 Å². The molecule has 0 spiro atoms. The van der Waals surface area contributed by atoms with Crippen LogP contribution in [0.5, 0.6) is 11.5 Å². The van der Waals surface area contributed by atoms with Gasteiger partial charge in [-0.25, -0.2) is 0 Å². The summed E-state index contributed by atoms with van der Waals surface area (Å²) in [6, 6.07) is 5.50. The van der Waals surface area contributed by atoms with Gasteiger partial charge in [-0.1, -0.05) is 7.43 Å². The summed E-state index contributed by atoms with van der Waals surface area (Å²) >= 11 is 0. The van der Waals surface area contributed by atoms with Crippen LogP contribution in [-0.2, 0) is 9.47 Å². The molecule has 0 radical (unpaired) electrons. The van der Waals surface area contributed by atoms with E-state index < -0.39 is 0 Å². The van der Waals surface area contributed by atoms with Crippen molar-refractivity contribution in [2.75, 3.05) is 34.2 Å². The third-order valence-electron chi connectivity index (χ3n) is 3.70. The third kappa shape index (κ3) is 7.54. The normalized spacial score (nSPS) is 23.1. The van der Waals surface area contributed by atoms with E-state index in [9.17, 15) is 0 Å². The first-order chi connectivity index (χ1) is 10.5. The van der Waals surface area contributed by atoms with Gasteiger partial charge in [0.2, 0.25) is 0 Å². The van der Waals surface area contributed by atoms with Crippen LogP contribution in [0.15, 0.2) is 18.2 Å². The van der Waals surface area contributed by atoms with Crippen LogP contribution in [0.1, 0.15) is 26.7 Å². The summed E-state index contributed by atoms with van der Waals surface area (Å²) in [5, 5.41) is 0. The lowest BCUT2D eigenvalue weighted by Gasteiger charge is -2.31. The number of ether oxygens (including phenoxy) is 4. The van der Waals surface area contributed by atoms with E-state index in [1.807, 2.05) is 0 Å². The molecule has 6 heteroatoms. The van der Waals surface area contributed by atoms with Crippen LogP contribution < -0.4 is 20.9 Å². The molecule has 4 N–H and O–H groups in total. The van der Waals surface area contributed by atoms with Gasteiger partial charge in [-0.3, -0.25) is 0 Å². The van der Waals surface area contributed by atoms with Gasteiger partial charge in [0.25, 0.3) is 0 Å². The smallest absolute Gasteiger partial charge is 0.124 e. The molecule has 0 saturated heterocycles. The van der Waals surface area contributed by atoms with Crippen LogP contribution >= 0.6 is 0 Å². The van der Waals surface area contributed by atoms with Crippen molar-refractivity contribution in [3.63, 3.8) is 0 Å². The zero-order chi connectivity index (χ0) is 16.5. The number of methoxy groups -OCH3 is 4. The Balaban J connectivity index is 0.000000403. The number of hydrogen-bond acceptors (Lipinski definition) is 6. The first-order valence-electron chi connectivity index (χ1n) is 7.32. The monoisotopic (exact) mass is 328 g/mol. The Labute approximate surface area is 140 Å². The fourth-order valence-corrected chi connectivity index (χ4v) is 2.47. The highest BCUT2D eigenvalue weighted by Crippen LogP contribution is 2.23. The Morgan fingerprint density at radius 2 is 1.26 bits per heavy atom. The maximum absolute atomic E-state index is 5.81. The largest absolute Gasteiger partial charge is 0.497 e. The molecule has 2 rings (SSSR count). The molecule has 0 amide bonds. The maximum atomic E-state index is 5.81. The molecule has 134 valence electrons. The molecule has 1 aliphatic rings. The molecule has 0 bridgehead atoms. The highest BCUT2D eigenvalue weighted by Gasteiger charge is 2.26. The Morgan fingerprint density at radius 1 is 0.826 bits per heavy atom. The maximum Gasteiger partial charge on any atom is 0.124 e. The molecule has 0 aliphatic heterocycles. The molecule has 1 fully saturated rings. The van der Waals surface area contributed by atoms with Crippen molar-refractivity contribution in [3.05, 3.63) is 18.2 Å². The average molecular weight is 328 g/mol. The zero-order valence-electron chi connectivity index (χ0n) is 13.9. The Morgan fingerprint density at radius 3 is 1.61 bits per heavy atom. The Kier molecular flexibility index (Phi) is 10.4. The van der Waals surface area contributed by atoms with Crippen molar-refractivity contribution in [1.29, 1.82) is 0 Å². The Bertz CT molecular complexity index is 408. The molecular weight excluding hydrogens is 296 g/mol. The predicted molar refractivity (Wildman–Crippen MR) is 94.1 cm³/mol. The lowest BCUT2D eigenvalue weighted by atomic mass is 9.91. The van der Waals surface area contributed by atoms with Gasteiger partial charge in [0.05, 0.1) is 26.4 Å². The fourth-order valence-electron chi connectivity index (χ4n) is 2.47. The van der Waals surface area contributed by atoms with Crippen molar-refractivity contribution >= 4 is 5.69 Å². The molecule has 1 aromatic carbocycles. The summed E-state index contributed by atoms with van der Waals surface area (Å²) in [5.41, 5.74) is 12.0. The fraction of sp³-hybridized carbons (Fsp3) is 0.647. The summed E-state index contributed by atoms with van der Waals surface area (Å²) < 4.78 is 20.4. The van der Waals surface area contributed by atoms with Gasteiger partial charge in [-0.2, -0.15) is 0 Å². The quantitative estimate of drug-likeness (QED) is 0.825. The number of nitrogens with two attached hydrogens (primary N) is 2. The molecule has 2 unspecified atom stereocenters. The van der Waals surface area contributed by atoms with Crippen molar-refractivity contribution in [1.82, 2.24) is 0 Å². The van der Waals surface area contributed by atoms with Gasteiger partial charge in [0, 0.05) is 44.1 Å². The van der Waals surface area contributed by atoms with E-state index in [1.54, 1.807) is 46.6 Å². The van der Waals surface area contributed by atoms with Crippen molar-refractivity contribution in [3.8, 4) is 11.5 Å². The van der Waals surface area contributed by atoms with E-state index in [1.165, 1.54) is 0 Å². The summed E-state index contributed by atoms with van der Waals surface area (Å²) in [6.07, 6.45) is 3.51. The van der Waals surface area contributed by atoms with Gasteiger partial charge in [-0.15, -0.1) is 0 Å². The summed E-state index contributed by atoms with van der Waals surface area (Å²) in [5.74, 6) is 1.42. The van der Waals surface area contributed by atoms with Crippen molar-refractivity contribution in [2.24, 2.45) is 5.73 Å². The second-order valence-corrected chi connectivity index (χ2v) is 5.33. The topological polar surface area (TPSA) is 89.0 Å². The van der Waals surface area contributed by atoms with E-state index in [-0.39, 0.29) is 13.5 Å². The number of rotatable bonds is 4. The predicted octanol–water partition coefficient (Wildman–Crippen LogP) is 2.45. The van der Waals surface area contributed by atoms with Crippen LogP contribution in [0.4, 0.5) is 5.69 Å². The van der Waals surface area contributed by atoms with Gasteiger partial charge in [0.15, 0.2) is 0 Å². The summed E-state index contributed by atoms with van der Waals surface area (Å²) in [6.45, 7) is 0. The third-order valence-corrected chi connectivity index (χ3v) is 3.70. The van der Waals surface area contributed by atoms with Crippen molar-refractivity contribution < 1.29 is 18.9 Å². The minimum atomic E-state index is 0. The standard InChI is InChI=1S/C8H17NO2.C8H11NO2.CH4/c2*1-10-7-3-6(9)4-8(5-7)11-2;/h6-8H,3-5,9H2,1-2H3;3-5H,9H2,1-2H3;1H4. The molecule has 0 aromatic heterocycles. The highest BCUT2D eigenvalue weighted by molar-refractivity contribution is 5.50. The molecule has 0 heterocycles. The lowest BCUT2D eigenvalue weighted by molar-refractivity contribution is -0.0158. The SMILES string of the molecule is C.COC1CC(N)CC(OC)C1.COc1cc(N)cc(OC)c1. The second-order valence-electron chi connectivity index (χ2n) is 5.33. The average Bonchev–Trinajstić information content (AvgIpc) is 2.53.